The SMILES string of the molecule is CCCOc1ccc(Cl)cc1C=C1SC(NC(C)=O)=NC1=O. The predicted molar refractivity (Wildman–Crippen MR) is 89.1 cm³/mol. The lowest BCUT2D eigenvalue weighted by molar-refractivity contribution is -0.117. The minimum absolute atomic E-state index is 0.268. The summed E-state index contributed by atoms with van der Waals surface area (Å²) in [6.45, 7) is 3.95. The summed E-state index contributed by atoms with van der Waals surface area (Å²) in [6, 6.07) is 5.23. The molecule has 22 heavy (non-hydrogen) atoms. The van der Waals surface area contributed by atoms with Gasteiger partial charge in [0.05, 0.1) is 11.5 Å². The first-order valence-electron chi connectivity index (χ1n) is 6.72. The highest BCUT2D eigenvalue weighted by Gasteiger charge is 2.23. The fourth-order valence-corrected chi connectivity index (χ4v) is 2.76. The Balaban J connectivity index is 2.24. The number of carbonyl (C=O) groups is 2. The number of carbonyl (C=O) groups excluding carboxylic acids is 2. The van der Waals surface area contributed by atoms with Gasteiger partial charge in [-0.3, -0.25) is 9.59 Å². The molecule has 0 bridgehead atoms. The van der Waals surface area contributed by atoms with Gasteiger partial charge in [0.25, 0.3) is 5.91 Å². The fourth-order valence-electron chi connectivity index (χ4n) is 1.73. The Kier molecular flexibility index (Phi) is 5.63. The van der Waals surface area contributed by atoms with Gasteiger partial charge in [-0.15, -0.1) is 0 Å². The van der Waals surface area contributed by atoms with Gasteiger partial charge in [0.1, 0.15) is 5.75 Å². The van der Waals surface area contributed by atoms with Crippen molar-refractivity contribution < 1.29 is 14.3 Å². The summed E-state index contributed by atoms with van der Waals surface area (Å²) >= 11 is 7.12. The molecular formula is C15H15ClN2O3S. The number of hydrogen-bond donors (Lipinski definition) is 1. The lowest BCUT2D eigenvalue weighted by Crippen LogP contribution is -2.23. The van der Waals surface area contributed by atoms with Crippen LogP contribution in [-0.4, -0.2) is 23.6 Å². The van der Waals surface area contributed by atoms with Crippen molar-refractivity contribution in [1.82, 2.24) is 5.32 Å². The monoisotopic (exact) mass is 338 g/mol. The number of nitrogens with one attached hydrogen (secondary N) is 1. The molecule has 1 heterocycles. The maximum absolute atomic E-state index is 11.9. The number of thioether (sulfide) groups is 1. The number of halogens is 1. The first-order valence-corrected chi connectivity index (χ1v) is 7.91. The standard InChI is InChI=1S/C15H15ClN2O3S/c1-3-6-21-12-5-4-11(16)7-10(12)8-13-14(20)18-15(22-13)17-9(2)19/h4-5,7-8H,3,6H2,1-2H3,(H,17,18,19,20). The lowest BCUT2D eigenvalue weighted by Gasteiger charge is -2.09. The van der Waals surface area contributed by atoms with Crippen LogP contribution in [0.15, 0.2) is 28.1 Å². The van der Waals surface area contributed by atoms with Crippen LogP contribution in [0.5, 0.6) is 5.75 Å². The average molecular weight is 339 g/mol. The molecule has 0 aromatic heterocycles. The number of amidine groups is 1. The van der Waals surface area contributed by atoms with E-state index in [4.69, 9.17) is 16.3 Å². The van der Waals surface area contributed by atoms with Gasteiger partial charge in [-0.1, -0.05) is 18.5 Å². The number of rotatable bonds is 4. The molecule has 0 fully saturated rings. The van der Waals surface area contributed by atoms with Crippen molar-refractivity contribution in [3.63, 3.8) is 0 Å². The topological polar surface area (TPSA) is 67.8 Å². The Morgan fingerprint density at radius 3 is 2.95 bits per heavy atom. The van der Waals surface area contributed by atoms with E-state index in [2.05, 4.69) is 10.3 Å². The van der Waals surface area contributed by atoms with Crippen molar-refractivity contribution in [2.24, 2.45) is 4.99 Å². The molecule has 1 aliphatic heterocycles. The molecule has 2 rings (SSSR count). The number of ether oxygens (including phenoxy) is 1. The fraction of sp³-hybridized carbons (Fsp3) is 0.267. The number of nitrogens with zero attached hydrogens (tertiary/aromatic N) is 1. The van der Waals surface area contributed by atoms with E-state index in [0.29, 0.717) is 27.8 Å². The second kappa shape index (κ2) is 7.47. The molecule has 0 spiro atoms. The van der Waals surface area contributed by atoms with Crippen molar-refractivity contribution in [2.45, 2.75) is 20.3 Å². The number of aliphatic imine (C=N–C) groups is 1. The van der Waals surface area contributed by atoms with E-state index < -0.39 is 5.91 Å². The van der Waals surface area contributed by atoms with E-state index in [9.17, 15) is 9.59 Å². The molecule has 5 nitrogen and oxygen atoms in total. The minimum Gasteiger partial charge on any atom is -0.493 e. The largest absolute Gasteiger partial charge is 0.493 e. The Hall–Kier alpha value is -1.79. The third kappa shape index (κ3) is 4.35. The summed E-state index contributed by atoms with van der Waals surface area (Å²) in [7, 11) is 0. The van der Waals surface area contributed by atoms with Gasteiger partial charge in [0.15, 0.2) is 5.17 Å². The normalized spacial score (nSPS) is 15.9. The zero-order valence-electron chi connectivity index (χ0n) is 12.2. The molecule has 116 valence electrons. The zero-order chi connectivity index (χ0) is 16.1. The minimum atomic E-state index is -0.393. The van der Waals surface area contributed by atoms with Crippen molar-refractivity contribution >= 4 is 46.4 Å². The molecule has 1 aromatic carbocycles. The summed E-state index contributed by atoms with van der Waals surface area (Å²) in [5.74, 6) is -0.00896. The lowest BCUT2D eigenvalue weighted by atomic mass is 10.2. The molecule has 0 saturated carbocycles. The van der Waals surface area contributed by atoms with E-state index in [1.54, 1.807) is 24.3 Å². The van der Waals surface area contributed by atoms with Gasteiger partial charge in [0, 0.05) is 17.5 Å². The van der Waals surface area contributed by atoms with Gasteiger partial charge >= 0.3 is 0 Å². The van der Waals surface area contributed by atoms with Crippen LogP contribution in [0.1, 0.15) is 25.8 Å². The highest BCUT2D eigenvalue weighted by atomic mass is 35.5. The van der Waals surface area contributed by atoms with Gasteiger partial charge in [-0.25, -0.2) is 0 Å². The first kappa shape index (κ1) is 16.6. The molecule has 0 atom stereocenters. The molecule has 0 saturated heterocycles. The van der Waals surface area contributed by atoms with E-state index in [1.807, 2.05) is 6.92 Å². The smallest absolute Gasteiger partial charge is 0.286 e. The van der Waals surface area contributed by atoms with Gasteiger partial charge < -0.3 is 10.1 Å². The van der Waals surface area contributed by atoms with E-state index in [1.165, 1.54) is 6.92 Å². The third-order valence-corrected chi connectivity index (χ3v) is 3.76. The molecule has 2 amide bonds. The molecule has 0 unspecified atom stereocenters. The molecule has 1 aromatic rings. The summed E-state index contributed by atoms with van der Waals surface area (Å²) in [5.41, 5.74) is 0.705. The Morgan fingerprint density at radius 2 is 2.27 bits per heavy atom. The Bertz CT molecular complexity index is 671. The average Bonchev–Trinajstić information content (AvgIpc) is 2.77. The number of amides is 2. The highest BCUT2D eigenvalue weighted by Crippen LogP contribution is 2.31. The van der Waals surface area contributed by atoms with Crippen LogP contribution in [-0.2, 0) is 9.59 Å². The van der Waals surface area contributed by atoms with Gasteiger partial charge in [-0.05, 0) is 42.5 Å². The molecule has 1 N–H and O–H groups in total. The van der Waals surface area contributed by atoms with E-state index in [0.717, 1.165) is 18.2 Å². The number of hydrogen-bond acceptors (Lipinski definition) is 4. The summed E-state index contributed by atoms with van der Waals surface area (Å²) in [5, 5.41) is 3.33. The van der Waals surface area contributed by atoms with Crippen molar-refractivity contribution in [3.8, 4) is 5.75 Å². The molecule has 0 radical (unpaired) electrons. The summed E-state index contributed by atoms with van der Waals surface area (Å²) < 4.78 is 5.65. The van der Waals surface area contributed by atoms with Gasteiger partial charge in [0.2, 0.25) is 5.91 Å². The maximum Gasteiger partial charge on any atom is 0.286 e. The number of benzene rings is 1. The Labute approximate surface area is 137 Å². The van der Waals surface area contributed by atoms with Crippen molar-refractivity contribution in [1.29, 1.82) is 0 Å². The van der Waals surface area contributed by atoms with Crippen LogP contribution >= 0.6 is 23.4 Å². The predicted octanol–water partition coefficient (Wildman–Crippen LogP) is 3.24. The van der Waals surface area contributed by atoms with E-state index >= 15 is 0 Å². The van der Waals surface area contributed by atoms with Crippen LogP contribution in [0.2, 0.25) is 5.02 Å². The summed E-state index contributed by atoms with van der Waals surface area (Å²) in [6.07, 6.45) is 2.55. The molecule has 7 heteroatoms. The zero-order valence-corrected chi connectivity index (χ0v) is 13.8. The van der Waals surface area contributed by atoms with Crippen LogP contribution in [0, 0.1) is 0 Å². The second-order valence-electron chi connectivity index (χ2n) is 4.54. The van der Waals surface area contributed by atoms with Gasteiger partial charge in [-0.2, -0.15) is 4.99 Å². The second-order valence-corrected chi connectivity index (χ2v) is 6.01. The van der Waals surface area contributed by atoms with Crippen LogP contribution < -0.4 is 10.1 Å². The van der Waals surface area contributed by atoms with Crippen molar-refractivity contribution in [2.75, 3.05) is 6.61 Å². The van der Waals surface area contributed by atoms with Crippen molar-refractivity contribution in [3.05, 3.63) is 33.7 Å². The highest BCUT2D eigenvalue weighted by molar-refractivity contribution is 8.18. The quantitative estimate of drug-likeness (QED) is 0.856. The summed E-state index contributed by atoms with van der Waals surface area (Å²) in [4.78, 5) is 27.1. The third-order valence-electron chi connectivity index (χ3n) is 2.62. The van der Waals surface area contributed by atoms with E-state index in [-0.39, 0.29) is 11.1 Å². The first-order chi connectivity index (χ1) is 10.5. The van der Waals surface area contributed by atoms with Crippen LogP contribution in [0.25, 0.3) is 6.08 Å². The molecule has 0 aliphatic carbocycles. The van der Waals surface area contributed by atoms with Crippen LogP contribution in [0.4, 0.5) is 0 Å². The molecular weight excluding hydrogens is 324 g/mol. The molecule has 1 aliphatic rings. The Morgan fingerprint density at radius 1 is 1.50 bits per heavy atom. The van der Waals surface area contributed by atoms with Crippen LogP contribution in [0.3, 0.4) is 0 Å². The maximum atomic E-state index is 11.9.